The lowest BCUT2D eigenvalue weighted by molar-refractivity contribution is -0.120. The Morgan fingerprint density at radius 2 is 1.63 bits per heavy atom. The van der Waals surface area contributed by atoms with E-state index in [9.17, 15) is 9.90 Å². The van der Waals surface area contributed by atoms with E-state index < -0.39 is 0 Å². The van der Waals surface area contributed by atoms with Crippen molar-refractivity contribution in [1.82, 2.24) is 0 Å². The molecule has 3 rings (SSSR count). The van der Waals surface area contributed by atoms with Crippen LogP contribution in [-0.2, 0) is 16.6 Å². The van der Waals surface area contributed by atoms with Crippen molar-refractivity contribution < 1.29 is 9.90 Å². The summed E-state index contributed by atoms with van der Waals surface area (Å²) in [6, 6.07) is 16.9. The molecule has 0 saturated heterocycles. The van der Waals surface area contributed by atoms with Crippen LogP contribution in [0.5, 0.6) is 5.75 Å². The molecule has 1 fully saturated rings. The summed E-state index contributed by atoms with van der Waals surface area (Å²) < 4.78 is 0. The number of carbonyl (C=O) groups excluding carboxylic acids is 1. The minimum atomic E-state index is -0.251. The predicted molar refractivity (Wildman–Crippen MR) is 74.2 cm³/mol. The number of hydrogen-bond donors (Lipinski definition) is 1. The molecule has 1 aliphatic carbocycles. The van der Waals surface area contributed by atoms with E-state index in [4.69, 9.17) is 0 Å². The molecule has 0 aromatic heterocycles. The van der Waals surface area contributed by atoms with Crippen LogP contribution in [0.2, 0.25) is 0 Å². The van der Waals surface area contributed by atoms with Crippen molar-refractivity contribution >= 4 is 5.78 Å². The minimum absolute atomic E-state index is 0.236. The molecule has 1 saturated carbocycles. The van der Waals surface area contributed by atoms with Crippen LogP contribution >= 0.6 is 0 Å². The normalized spacial score (nSPS) is 16.0. The molecule has 19 heavy (non-hydrogen) atoms. The largest absolute Gasteiger partial charge is 0.508 e. The van der Waals surface area contributed by atoms with E-state index in [1.807, 2.05) is 42.5 Å². The smallest absolute Gasteiger partial charge is 0.147 e. The van der Waals surface area contributed by atoms with E-state index in [-0.39, 0.29) is 16.9 Å². The van der Waals surface area contributed by atoms with E-state index in [1.54, 1.807) is 12.1 Å². The molecule has 0 unspecified atom stereocenters. The summed E-state index contributed by atoms with van der Waals surface area (Å²) in [5.41, 5.74) is 1.85. The predicted octanol–water partition coefficient (Wildman–Crippen LogP) is 3.24. The van der Waals surface area contributed by atoms with Gasteiger partial charge in [-0.3, -0.25) is 4.79 Å². The summed E-state index contributed by atoms with van der Waals surface area (Å²) in [5.74, 6) is 0.518. The first kappa shape index (κ1) is 12.0. The van der Waals surface area contributed by atoms with Crippen molar-refractivity contribution in [2.45, 2.75) is 24.7 Å². The van der Waals surface area contributed by atoms with Gasteiger partial charge in [-0.15, -0.1) is 0 Å². The number of aromatic hydroxyl groups is 1. The summed E-state index contributed by atoms with van der Waals surface area (Å²) in [6.45, 7) is 0. The Kier molecular flexibility index (Phi) is 2.86. The van der Waals surface area contributed by atoms with Crippen LogP contribution < -0.4 is 0 Å². The van der Waals surface area contributed by atoms with Crippen LogP contribution in [0.4, 0.5) is 0 Å². The highest BCUT2D eigenvalue weighted by Crippen LogP contribution is 2.49. The lowest BCUT2D eigenvalue weighted by atomic mass is 9.88. The first-order chi connectivity index (χ1) is 9.21. The van der Waals surface area contributed by atoms with Gasteiger partial charge >= 0.3 is 0 Å². The van der Waals surface area contributed by atoms with Gasteiger partial charge in [-0.2, -0.15) is 0 Å². The van der Waals surface area contributed by atoms with E-state index >= 15 is 0 Å². The van der Waals surface area contributed by atoms with Crippen molar-refractivity contribution in [1.29, 1.82) is 0 Å². The molecular weight excluding hydrogens is 236 g/mol. The number of rotatable bonds is 4. The van der Waals surface area contributed by atoms with E-state index in [1.165, 1.54) is 0 Å². The molecule has 2 aromatic rings. The zero-order valence-electron chi connectivity index (χ0n) is 10.7. The van der Waals surface area contributed by atoms with Crippen molar-refractivity contribution in [3.05, 3.63) is 65.7 Å². The van der Waals surface area contributed by atoms with Crippen molar-refractivity contribution in [3.63, 3.8) is 0 Å². The zero-order valence-corrected chi connectivity index (χ0v) is 10.7. The van der Waals surface area contributed by atoms with Crippen LogP contribution in [0.25, 0.3) is 0 Å². The third-order valence-corrected chi connectivity index (χ3v) is 3.91. The highest BCUT2D eigenvalue weighted by atomic mass is 16.3. The number of phenolic OH excluding ortho intramolecular Hbond substituents is 1. The van der Waals surface area contributed by atoms with Crippen LogP contribution in [0.3, 0.4) is 0 Å². The number of hydrogen-bond acceptors (Lipinski definition) is 2. The number of benzene rings is 2. The van der Waals surface area contributed by atoms with E-state index in [0.717, 1.165) is 24.0 Å². The SMILES string of the molecule is O=C(Cc1ccc(O)cc1)C1(c2ccccc2)CC1. The van der Waals surface area contributed by atoms with Gasteiger partial charge in [0, 0.05) is 6.42 Å². The average molecular weight is 252 g/mol. The van der Waals surface area contributed by atoms with Crippen LogP contribution in [0, 0.1) is 0 Å². The molecule has 0 spiro atoms. The highest BCUT2D eigenvalue weighted by molar-refractivity contribution is 5.94. The molecule has 1 N–H and O–H groups in total. The molecule has 0 heterocycles. The fraction of sp³-hybridized carbons (Fsp3) is 0.235. The number of ketones is 1. The van der Waals surface area contributed by atoms with Gasteiger partial charge in [0.15, 0.2) is 0 Å². The summed E-state index contributed by atoms with van der Waals surface area (Å²) >= 11 is 0. The third kappa shape index (κ3) is 2.26. The summed E-state index contributed by atoms with van der Waals surface area (Å²) in [7, 11) is 0. The molecule has 2 nitrogen and oxygen atoms in total. The fourth-order valence-electron chi connectivity index (χ4n) is 2.58. The molecule has 1 aliphatic rings. The summed E-state index contributed by atoms with van der Waals surface area (Å²) in [6.07, 6.45) is 2.34. The molecule has 0 amide bonds. The molecule has 0 radical (unpaired) electrons. The van der Waals surface area contributed by atoms with E-state index in [2.05, 4.69) is 0 Å². The molecule has 96 valence electrons. The second kappa shape index (κ2) is 4.54. The lowest BCUT2D eigenvalue weighted by Gasteiger charge is -2.14. The van der Waals surface area contributed by atoms with Crippen LogP contribution in [-0.4, -0.2) is 10.9 Å². The Balaban J connectivity index is 1.79. The van der Waals surface area contributed by atoms with E-state index in [0.29, 0.717) is 6.42 Å². The summed E-state index contributed by atoms with van der Waals surface area (Å²) in [4.78, 5) is 12.5. The van der Waals surface area contributed by atoms with Crippen LogP contribution in [0.15, 0.2) is 54.6 Å². The number of Topliss-reactive ketones (excluding diaryl/α,β-unsaturated/α-hetero) is 1. The molecular formula is C17H16O2. The van der Waals surface area contributed by atoms with Crippen molar-refractivity contribution in [2.75, 3.05) is 0 Å². The van der Waals surface area contributed by atoms with Gasteiger partial charge < -0.3 is 5.11 Å². The molecule has 0 aliphatic heterocycles. The van der Waals surface area contributed by atoms with Crippen molar-refractivity contribution in [3.8, 4) is 5.75 Å². The van der Waals surface area contributed by atoms with Gasteiger partial charge in [0.1, 0.15) is 11.5 Å². The van der Waals surface area contributed by atoms with Gasteiger partial charge in [-0.25, -0.2) is 0 Å². The lowest BCUT2D eigenvalue weighted by Crippen LogP contribution is -2.22. The highest BCUT2D eigenvalue weighted by Gasteiger charge is 2.50. The standard InChI is InChI=1S/C17H16O2/c18-15-8-6-13(7-9-15)12-16(19)17(10-11-17)14-4-2-1-3-5-14/h1-9,18H,10-12H2. The second-order valence-electron chi connectivity index (χ2n) is 5.21. The number of phenols is 1. The average Bonchev–Trinajstić information content (AvgIpc) is 3.24. The maximum Gasteiger partial charge on any atom is 0.147 e. The fourth-order valence-corrected chi connectivity index (χ4v) is 2.58. The maximum absolute atomic E-state index is 12.5. The minimum Gasteiger partial charge on any atom is -0.508 e. The van der Waals surface area contributed by atoms with Crippen molar-refractivity contribution in [2.24, 2.45) is 0 Å². The number of carbonyl (C=O) groups is 1. The first-order valence-corrected chi connectivity index (χ1v) is 6.57. The molecule has 0 atom stereocenters. The Bertz CT molecular complexity index is 580. The Hall–Kier alpha value is -2.09. The quantitative estimate of drug-likeness (QED) is 0.907. The first-order valence-electron chi connectivity index (χ1n) is 6.57. The summed E-state index contributed by atoms with van der Waals surface area (Å²) in [5, 5.41) is 9.26. The molecule has 0 bridgehead atoms. The van der Waals surface area contributed by atoms with Gasteiger partial charge in [0.05, 0.1) is 5.41 Å². The Morgan fingerprint density at radius 1 is 1.00 bits per heavy atom. The second-order valence-corrected chi connectivity index (χ2v) is 5.21. The molecule has 2 aromatic carbocycles. The third-order valence-electron chi connectivity index (χ3n) is 3.91. The molecule has 2 heteroatoms. The van der Waals surface area contributed by atoms with Crippen LogP contribution in [0.1, 0.15) is 24.0 Å². The van der Waals surface area contributed by atoms with Gasteiger partial charge in [-0.1, -0.05) is 42.5 Å². The zero-order chi connectivity index (χ0) is 13.3. The van der Waals surface area contributed by atoms with Gasteiger partial charge in [-0.05, 0) is 36.1 Å². The maximum atomic E-state index is 12.5. The van der Waals surface area contributed by atoms with Gasteiger partial charge in [0.25, 0.3) is 0 Å². The topological polar surface area (TPSA) is 37.3 Å². The Morgan fingerprint density at radius 3 is 2.21 bits per heavy atom. The Labute approximate surface area is 112 Å². The van der Waals surface area contributed by atoms with Gasteiger partial charge in [0.2, 0.25) is 0 Å². The monoisotopic (exact) mass is 252 g/mol.